The largest absolute Gasteiger partial charge is 0.457 e. The quantitative estimate of drug-likeness (QED) is 0.522. The second-order valence-electron chi connectivity index (χ2n) is 6.64. The number of para-hydroxylation sites is 2. The van der Waals surface area contributed by atoms with Gasteiger partial charge in [0.05, 0.1) is 22.7 Å². The molecule has 12 heteroatoms. The van der Waals surface area contributed by atoms with Crippen LogP contribution in [0.4, 0.5) is 19.0 Å². The van der Waals surface area contributed by atoms with Crippen molar-refractivity contribution in [1.29, 1.82) is 5.26 Å². The van der Waals surface area contributed by atoms with E-state index in [0.29, 0.717) is 6.42 Å². The van der Waals surface area contributed by atoms with Gasteiger partial charge in [0.15, 0.2) is 0 Å². The van der Waals surface area contributed by atoms with Crippen LogP contribution in [0.2, 0.25) is 0 Å². The third kappa shape index (κ3) is 5.63. The second-order valence-corrected chi connectivity index (χ2v) is 8.14. The standard InChI is InChI=1S/C20H18F3N5O3S/c1-2-10-25-32(29,30)28-18-19(27-16-9-4-3-8-15(16)26-18)31-17(20(21,22)23)14-7-5-6-13(11-14)12-24/h3-9,11,17,25H,2,10H2,1H3,(H,26,28)/t17-/m1/s1. The molecule has 1 heterocycles. The van der Waals surface area contributed by atoms with Crippen molar-refractivity contribution in [1.82, 2.24) is 14.7 Å². The normalized spacial score (nSPS) is 12.8. The number of halogens is 3. The molecule has 0 saturated heterocycles. The van der Waals surface area contributed by atoms with Crippen molar-refractivity contribution < 1.29 is 26.3 Å². The van der Waals surface area contributed by atoms with E-state index in [9.17, 15) is 21.6 Å². The zero-order valence-corrected chi connectivity index (χ0v) is 17.5. The Morgan fingerprint density at radius 2 is 1.81 bits per heavy atom. The number of nitrogens with one attached hydrogen (secondary N) is 2. The van der Waals surface area contributed by atoms with Crippen LogP contribution in [0.5, 0.6) is 5.88 Å². The van der Waals surface area contributed by atoms with Gasteiger partial charge >= 0.3 is 6.18 Å². The van der Waals surface area contributed by atoms with Crippen molar-refractivity contribution in [2.75, 3.05) is 11.3 Å². The van der Waals surface area contributed by atoms with Gasteiger partial charge in [-0.25, -0.2) is 9.97 Å². The van der Waals surface area contributed by atoms with Gasteiger partial charge in [0.2, 0.25) is 11.9 Å². The number of anilines is 1. The summed E-state index contributed by atoms with van der Waals surface area (Å²) in [7, 11) is -4.14. The number of hydrogen-bond acceptors (Lipinski definition) is 6. The van der Waals surface area contributed by atoms with Crippen LogP contribution in [0.1, 0.15) is 30.6 Å². The number of fused-ring (bicyclic) bond motifs is 1. The van der Waals surface area contributed by atoms with Crippen LogP contribution in [-0.2, 0) is 10.2 Å². The van der Waals surface area contributed by atoms with E-state index in [1.54, 1.807) is 25.1 Å². The highest BCUT2D eigenvalue weighted by atomic mass is 32.2. The summed E-state index contributed by atoms with van der Waals surface area (Å²) < 4.78 is 75.7. The van der Waals surface area contributed by atoms with Crippen molar-refractivity contribution in [3.05, 3.63) is 59.7 Å². The summed E-state index contributed by atoms with van der Waals surface area (Å²) in [6.45, 7) is 1.86. The van der Waals surface area contributed by atoms with Crippen molar-refractivity contribution in [3.8, 4) is 11.9 Å². The first-order valence-electron chi connectivity index (χ1n) is 9.40. The number of nitrogens with zero attached hydrogens (tertiary/aromatic N) is 3. The number of benzene rings is 2. The monoisotopic (exact) mass is 465 g/mol. The molecule has 2 N–H and O–H groups in total. The molecule has 0 fully saturated rings. The van der Waals surface area contributed by atoms with Crippen LogP contribution >= 0.6 is 0 Å². The van der Waals surface area contributed by atoms with E-state index in [-0.39, 0.29) is 28.7 Å². The zero-order valence-electron chi connectivity index (χ0n) is 16.7. The Kier molecular flexibility index (Phi) is 6.81. The van der Waals surface area contributed by atoms with E-state index in [4.69, 9.17) is 10.00 Å². The number of rotatable bonds is 8. The maximum Gasteiger partial charge on any atom is 0.429 e. The Morgan fingerprint density at radius 1 is 1.12 bits per heavy atom. The number of aromatic nitrogens is 2. The van der Waals surface area contributed by atoms with Crippen LogP contribution in [0.15, 0.2) is 48.5 Å². The maximum absolute atomic E-state index is 13.9. The van der Waals surface area contributed by atoms with E-state index in [2.05, 4.69) is 19.4 Å². The van der Waals surface area contributed by atoms with E-state index < -0.39 is 34.2 Å². The minimum absolute atomic E-state index is 0.00892. The first-order valence-corrected chi connectivity index (χ1v) is 10.9. The molecule has 3 aromatic rings. The van der Waals surface area contributed by atoms with Crippen molar-refractivity contribution in [2.24, 2.45) is 0 Å². The fourth-order valence-electron chi connectivity index (χ4n) is 2.74. The highest BCUT2D eigenvalue weighted by Gasteiger charge is 2.44. The summed E-state index contributed by atoms with van der Waals surface area (Å²) in [6, 6.07) is 12.9. The summed E-state index contributed by atoms with van der Waals surface area (Å²) in [4.78, 5) is 8.15. The lowest BCUT2D eigenvalue weighted by Gasteiger charge is -2.23. The molecule has 8 nitrogen and oxygen atoms in total. The minimum Gasteiger partial charge on any atom is -0.457 e. The summed E-state index contributed by atoms with van der Waals surface area (Å²) in [5.74, 6) is -1.16. The summed E-state index contributed by atoms with van der Waals surface area (Å²) in [5, 5.41) is 9.02. The summed E-state index contributed by atoms with van der Waals surface area (Å²) in [6.07, 6.45) is -6.91. The van der Waals surface area contributed by atoms with Crippen LogP contribution in [0.25, 0.3) is 11.0 Å². The Hall–Kier alpha value is -3.43. The Bertz CT molecular complexity index is 1260. The molecule has 3 rings (SSSR count). The van der Waals surface area contributed by atoms with Crippen LogP contribution in [0.3, 0.4) is 0 Å². The number of alkyl halides is 3. The van der Waals surface area contributed by atoms with Gasteiger partial charge in [0.1, 0.15) is 0 Å². The number of ether oxygens (including phenoxy) is 1. The molecule has 0 saturated carbocycles. The fourth-order valence-corrected chi connectivity index (χ4v) is 3.67. The summed E-state index contributed by atoms with van der Waals surface area (Å²) >= 11 is 0. The molecule has 1 aromatic heterocycles. The average Bonchev–Trinajstić information content (AvgIpc) is 2.75. The molecule has 0 bridgehead atoms. The molecule has 1 atom stereocenters. The number of hydrogen-bond donors (Lipinski definition) is 2. The first kappa shape index (κ1) is 23.2. The molecule has 2 aromatic carbocycles. The third-order valence-electron chi connectivity index (χ3n) is 4.16. The van der Waals surface area contributed by atoms with Gasteiger partial charge in [-0.05, 0) is 30.7 Å². The molecule has 0 aliphatic heterocycles. The molecular weight excluding hydrogens is 447 g/mol. The van der Waals surface area contributed by atoms with E-state index in [0.717, 1.165) is 12.1 Å². The molecule has 0 aliphatic carbocycles. The van der Waals surface area contributed by atoms with Crippen LogP contribution in [-0.4, -0.2) is 31.1 Å². The van der Waals surface area contributed by atoms with Gasteiger partial charge in [-0.15, -0.1) is 0 Å². The van der Waals surface area contributed by atoms with E-state index >= 15 is 0 Å². The van der Waals surface area contributed by atoms with Crippen molar-refractivity contribution >= 4 is 27.1 Å². The minimum atomic E-state index is -4.89. The molecule has 32 heavy (non-hydrogen) atoms. The zero-order chi connectivity index (χ0) is 23.4. The Morgan fingerprint density at radius 3 is 2.44 bits per heavy atom. The predicted molar refractivity (Wildman–Crippen MR) is 111 cm³/mol. The molecule has 0 radical (unpaired) electrons. The van der Waals surface area contributed by atoms with Crippen molar-refractivity contribution in [3.63, 3.8) is 0 Å². The lowest BCUT2D eigenvalue weighted by atomic mass is 10.1. The topological polar surface area (TPSA) is 117 Å². The molecule has 0 amide bonds. The second kappa shape index (κ2) is 9.37. The summed E-state index contributed by atoms with van der Waals surface area (Å²) in [5.41, 5.74) is 0.126. The SMILES string of the molecule is CCCNS(=O)(=O)Nc1nc2ccccc2nc1O[C@H](c1cccc(C#N)c1)C(F)(F)F. The molecule has 0 unspecified atom stereocenters. The lowest BCUT2D eigenvalue weighted by molar-refractivity contribution is -0.198. The lowest BCUT2D eigenvalue weighted by Crippen LogP contribution is -2.32. The molecule has 0 aliphatic rings. The van der Waals surface area contributed by atoms with Gasteiger partial charge in [-0.2, -0.15) is 31.6 Å². The van der Waals surface area contributed by atoms with Gasteiger partial charge in [0.25, 0.3) is 16.1 Å². The van der Waals surface area contributed by atoms with Gasteiger partial charge in [-0.1, -0.05) is 31.2 Å². The van der Waals surface area contributed by atoms with Gasteiger partial charge < -0.3 is 4.74 Å². The third-order valence-corrected chi connectivity index (χ3v) is 5.20. The Labute approximate surface area is 182 Å². The maximum atomic E-state index is 13.9. The smallest absolute Gasteiger partial charge is 0.429 e. The average molecular weight is 465 g/mol. The van der Waals surface area contributed by atoms with Crippen LogP contribution in [0, 0.1) is 11.3 Å². The highest BCUT2D eigenvalue weighted by Crippen LogP contribution is 2.38. The predicted octanol–water partition coefficient (Wildman–Crippen LogP) is 3.84. The fraction of sp³-hybridized carbons (Fsp3) is 0.250. The highest BCUT2D eigenvalue weighted by molar-refractivity contribution is 7.90. The molecule has 168 valence electrons. The van der Waals surface area contributed by atoms with Gasteiger partial charge in [-0.3, -0.25) is 4.72 Å². The first-order chi connectivity index (χ1) is 15.1. The van der Waals surface area contributed by atoms with E-state index in [1.165, 1.54) is 24.3 Å². The number of nitriles is 1. The Balaban J connectivity index is 2.09. The molecular formula is C20H18F3N5O3S. The van der Waals surface area contributed by atoms with Gasteiger partial charge in [0, 0.05) is 12.1 Å². The van der Waals surface area contributed by atoms with Crippen molar-refractivity contribution in [2.45, 2.75) is 25.6 Å². The molecule has 0 spiro atoms. The van der Waals surface area contributed by atoms with Crippen LogP contribution < -0.4 is 14.2 Å². The van der Waals surface area contributed by atoms with E-state index in [1.807, 2.05) is 0 Å².